The van der Waals surface area contributed by atoms with Crippen molar-refractivity contribution < 1.29 is 18.3 Å². The van der Waals surface area contributed by atoms with Gasteiger partial charge in [-0.2, -0.15) is 0 Å². The topological polar surface area (TPSA) is 153 Å². The molecule has 32 heavy (non-hydrogen) atoms. The van der Waals surface area contributed by atoms with Crippen LogP contribution in [0, 0.1) is 0 Å². The van der Waals surface area contributed by atoms with Gasteiger partial charge in [-0.15, -0.1) is 0 Å². The van der Waals surface area contributed by atoms with Crippen LogP contribution in [0.2, 0.25) is 0 Å². The first-order valence-corrected chi connectivity index (χ1v) is 11.7. The summed E-state index contributed by atoms with van der Waals surface area (Å²) in [5, 5.41) is 13.4. The van der Waals surface area contributed by atoms with Crippen LogP contribution in [-0.4, -0.2) is 42.7 Å². The molecule has 4 rings (SSSR count). The van der Waals surface area contributed by atoms with Crippen molar-refractivity contribution in [1.29, 1.82) is 0 Å². The molecule has 0 fully saturated rings. The average molecular weight is 456 g/mol. The molecular weight excluding hydrogens is 430 g/mol. The van der Waals surface area contributed by atoms with Crippen LogP contribution < -0.4 is 21.5 Å². The van der Waals surface area contributed by atoms with Crippen LogP contribution in [0.25, 0.3) is 0 Å². The van der Waals surface area contributed by atoms with Crippen molar-refractivity contribution >= 4 is 21.5 Å². The lowest BCUT2D eigenvalue weighted by Gasteiger charge is -2.27. The minimum absolute atomic E-state index is 0.0785. The van der Waals surface area contributed by atoms with Gasteiger partial charge in [0.25, 0.3) is 0 Å². The quantitative estimate of drug-likeness (QED) is 0.306. The Balaban J connectivity index is 1.37. The van der Waals surface area contributed by atoms with E-state index in [1.54, 1.807) is 36.4 Å². The summed E-state index contributed by atoms with van der Waals surface area (Å²) in [6.07, 6.45) is 2.00. The summed E-state index contributed by atoms with van der Waals surface area (Å²) in [4.78, 5) is 7.71. The number of nitrogens with one attached hydrogen (secondary N) is 1. The molecule has 1 aliphatic heterocycles. The number of nitrogens with two attached hydrogens (primary N) is 2. The molecule has 0 spiro atoms. The van der Waals surface area contributed by atoms with E-state index < -0.39 is 15.9 Å². The second kappa shape index (κ2) is 9.11. The van der Waals surface area contributed by atoms with Crippen LogP contribution in [0.3, 0.4) is 0 Å². The first-order chi connectivity index (χ1) is 15.3. The first kappa shape index (κ1) is 22.0. The van der Waals surface area contributed by atoms with Crippen molar-refractivity contribution in [1.82, 2.24) is 15.3 Å². The van der Waals surface area contributed by atoms with Gasteiger partial charge >= 0.3 is 0 Å². The number of aliphatic hydroxyl groups excluding tert-OH is 1. The number of aryl methyl sites for hydroxylation is 1. The Morgan fingerprint density at radius 1 is 1.16 bits per heavy atom. The summed E-state index contributed by atoms with van der Waals surface area (Å²) in [7, 11) is -3.80. The fourth-order valence-electron chi connectivity index (χ4n) is 3.58. The van der Waals surface area contributed by atoms with E-state index in [4.69, 9.17) is 16.2 Å². The van der Waals surface area contributed by atoms with Gasteiger partial charge < -0.3 is 26.6 Å². The number of sulfone groups is 1. The van der Waals surface area contributed by atoms with Gasteiger partial charge in [0.05, 0.1) is 11.0 Å². The summed E-state index contributed by atoms with van der Waals surface area (Å²) in [6, 6.07) is 13.2. The SMILES string of the molecule is Nc1ccc(C(O)CNCC2CCc3cc(S(=O)(=O)c4ccnc(N)n4)ccc3O2)cc1. The zero-order valence-corrected chi connectivity index (χ0v) is 18.1. The van der Waals surface area contributed by atoms with Gasteiger partial charge in [-0.1, -0.05) is 12.1 Å². The molecule has 3 aromatic rings. The molecule has 0 saturated heterocycles. The Morgan fingerprint density at radius 3 is 2.69 bits per heavy atom. The number of rotatable bonds is 7. The minimum atomic E-state index is -3.80. The highest BCUT2D eigenvalue weighted by Crippen LogP contribution is 2.31. The van der Waals surface area contributed by atoms with E-state index in [9.17, 15) is 13.5 Å². The van der Waals surface area contributed by atoms with Crippen LogP contribution in [0.15, 0.2) is 64.6 Å². The number of nitrogen functional groups attached to an aromatic ring is 2. The van der Waals surface area contributed by atoms with Crippen molar-refractivity contribution in [2.24, 2.45) is 0 Å². The Kier molecular flexibility index (Phi) is 6.26. The maximum absolute atomic E-state index is 12.8. The van der Waals surface area contributed by atoms with Gasteiger partial charge in [-0.25, -0.2) is 18.4 Å². The Bertz CT molecular complexity index is 1200. The van der Waals surface area contributed by atoms with Crippen LogP contribution in [0.5, 0.6) is 5.75 Å². The minimum Gasteiger partial charge on any atom is -0.489 e. The van der Waals surface area contributed by atoms with E-state index in [1.165, 1.54) is 18.3 Å². The normalized spacial score (nSPS) is 16.7. The third kappa shape index (κ3) is 4.82. The van der Waals surface area contributed by atoms with Crippen LogP contribution in [0.1, 0.15) is 23.7 Å². The van der Waals surface area contributed by atoms with Gasteiger partial charge in [-0.05, 0) is 60.4 Å². The number of aliphatic hydroxyl groups is 1. The number of aromatic nitrogens is 2. The third-order valence-electron chi connectivity index (χ3n) is 5.33. The molecule has 1 aliphatic rings. The predicted molar refractivity (Wildman–Crippen MR) is 120 cm³/mol. The molecule has 10 heteroatoms. The first-order valence-electron chi connectivity index (χ1n) is 10.2. The van der Waals surface area contributed by atoms with E-state index in [0.717, 1.165) is 17.5 Å². The molecule has 0 bridgehead atoms. The second-order valence-electron chi connectivity index (χ2n) is 7.65. The van der Waals surface area contributed by atoms with Crippen LogP contribution in [-0.2, 0) is 16.3 Å². The second-order valence-corrected chi connectivity index (χ2v) is 9.54. The standard InChI is InChI=1S/C22H25N5O4S/c23-16-4-1-14(2-5-16)19(28)13-25-12-17-6-3-15-11-18(7-8-20(15)31-17)32(29,30)21-9-10-26-22(24)27-21/h1-2,4-5,7-11,17,19,25,28H,3,6,12-13,23H2,(H2,24,26,27). The van der Waals surface area contributed by atoms with Crippen LogP contribution in [0.4, 0.5) is 11.6 Å². The van der Waals surface area contributed by atoms with Crippen molar-refractivity contribution in [3.05, 3.63) is 65.9 Å². The van der Waals surface area contributed by atoms with Crippen molar-refractivity contribution in [3.63, 3.8) is 0 Å². The van der Waals surface area contributed by atoms with E-state index >= 15 is 0 Å². The highest BCUT2D eigenvalue weighted by molar-refractivity contribution is 7.91. The zero-order valence-electron chi connectivity index (χ0n) is 17.3. The maximum Gasteiger partial charge on any atom is 0.224 e. The van der Waals surface area contributed by atoms with E-state index in [-0.39, 0.29) is 22.0 Å². The van der Waals surface area contributed by atoms with E-state index in [0.29, 0.717) is 30.9 Å². The molecular formula is C22H25N5O4S. The number of fused-ring (bicyclic) bond motifs is 1. The number of hydrogen-bond acceptors (Lipinski definition) is 9. The molecule has 0 saturated carbocycles. The van der Waals surface area contributed by atoms with Gasteiger partial charge in [0.2, 0.25) is 15.8 Å². The van der Waals surface area contributed by atoms with Gasteiger partial charge in [0.1, 0.15) is 11.9 Å². The fourth-order valence-corrected chi connectivity index (χ4v) is 4.82. The third-order valence-corrected chi connectivity index (χ3v) is 6.98. The molecule has 0 amide bonds. The van der Waals surface area contributed by atoms with Gasteiger partial charge in [-0.3, -0.25) is 0 Å². The van der Waals surface area contributed by atoms with Crippen molar-refractivity contribution in [3.8, 4) is 5.75 Å². The largest absolute Gasteiger partial charge is 0.489 e. The Hall–Kier alpha value is -3.21. The van der Waals surface area contributed by atoms with Crippen LogP contribution >= 0.6 is 0 Å². The number of benzene rings is 2. The Morgan fingerprint density at radius 2 is 1.94 bits per heavy atom. The number of hydrogen-bond donors (Lipinski definition) is 4. The molecule has 2 aromatic carbocycles. The molecule has 2 heterocycles. The highest BCUT2D eigenvalue weighted by Gasteiger charge is 2.25. The maximum atomic E-state index is 12.8. The predicted octanol–water partition coefficient (Wildman–Crippen LogP) is 1.49. The number of anilines is 2. The molecule has 6 N–H and O–H groups in total. The summed E-state index contributed by atoms with van der Waals surface area (Å²) < 4.78 is 31.7. The average Bonchev–Trinajstić information content (AvgIpc) is 2.79. The lowest BCUT2D eigenvalue weighted by molar-refractivity contribution is 0.146. The summed E-state index contributed by atoms with van der Waals surface area (Å²) in [5.74, 6) is 0.563. The summed E-state index contributed by atoms with van der Waals surface area (Å²) >= 11 is 0. The molecule has 9 nitrogen and oxygen atoms in total. The number of nitrogens with zero attached hydrogens (tertiary/aromatic N) is 2. The highest BCUT2D eigenvalue weighted by atomic mass is 32.2. The monoisotopic (exact) mass is 455 g/mol. The lowest BCUT2D eigenvalue weighted by atomic mass is 10.0. The van der Waals surface area contributed by atoms with Gasteiger partial charge in [0, 0.05) is 25.0 Å². The smallest absolute Gasteiger partial charge is 0.224 e. The molecule has 0 aliphatic carbocycles. The fraction of sp³-hybridized carbons (Fsp3) is 0.273. The molecule has 2 unspecified atom stereocenters. The summed E-state index contributed by atoms with van der Waals surface area (Å²) in [6.45, 7) is 0.946. The van der Waals surface area contributed by atoms with E-state index in [1.807, 2.05) is 0 Å². The van der Waals surface area contributed by atoms with Crippen molar-refractivity contribution in [2.75, 3.05) is 24.6 Å². The number of ether oxygens (including phenoxy) is 1. The lowest BCUT2D eigenvalue weighted by Crippen LogP contribution is -2.36. The molecule has 1 aromatic heterocycles. The van der Waals surface area contributed by atoms with Gasteiger partial charge in [0.15, 0.2) is 5.03 Å². The molecule has 168 valence electrons. The van der Waals surface area contributed by atoms with Crippen molar-refractivity contribution in [2.45, 2.75) is 35.0 Å². The Labute approximate surface area is 186 Å². The van der Waals surface area contributed by atoms with E-state index in [2.05, 4.69) is 15.3 Å². The zero-order chi connectivity index (χ0) is 22.7. The summed E-state index contributed by atoms with van der Waals surface area (Å²) in [5.41, 5.74) is 13.5. The molecule has 0 radical (unpaired) electrons. The molecule has 2 atom stereocenters.